The molecule has 0 aromatic heterocycles. The number of hydrogen-bond acceptors (Lipinski definition) is 3. The zero-order valence-electron chi connectivity index (χ0n) is 10.7. The summed E-state index contributed by atoms with van der Waals surface area (Å²) in [6.07, 6.45) is 2.59. The van der Waals surface area contributed by atoms with Crippen LogP contribution in [0, 0.1) is 0 Å². The molecule has 0 unspecified atom stereocenters. The van der Waals surface area contributed by atoms with Gasteiger partial charge in [-0.05, 0) is 30.9 Å². The quantitative estimate of drug-likeness (QED) is 0.785. The van der Waals surface area contributed by atoms with Crippen LogP contribution in [0.4, 0.5) is 11.4 Å². The summed E-state index contributed by atoms with van der Waals surface area (Å²) in [6, 6.07) is 6.07. The summed E-state index contributed by atoms with van der Waals surface area (Å²) < 4.78 is 0. The largest absolute Gasteiger partial charge is 0.397 e. The van der Waals surface area contributed by atoms with E-state index in [1.165, 1.54) is 5.56 Å². The van der Waals surface area contributed by atoms with Gasteiger partial charge in [0.15, 0.2) is 0 Å². The molecule has 0 atom stereocenters. The number of β-amino-alcohol motifs (C(OH)–C–C–N with tert-alkyl or cyclic N) is 1. The molecule has 0 saturated carbocycles. The van der Waals surface area contributed by atoms with Crippen molar-refractivity contribution in [2.24, 2.45) is 0 Å². The smallest absolute Gasteiger partial charge is 0.0816 e. The Balaban J connectivity index is 2.22. The molecule has 1 aliphatic heterocycles. The van der Waals surface area contributed by atoms with E-state index in [0.717, 1.165) is 37.2 Å². The van der Waals surface area contributed by atoms with Crippen molar-refractivity contribution in [2.45, 2.75) is 38.7 Å². The van der Waals surface area contributed by atoms with E-state index in [1.54, 1.807) is 0 Å². The van der Waals surface area contributed by atoms with Crippen LogP contribution in [0.5, 0.6) is 0 Å². The summed E-state index contributed by atoms with van der Waals surface area (Å²) in [5.41, 5.74) is 8.71. The van der Waals surface area contributed by atoms with E-state index in [-0.39, 0.29) is 0 Å². The molecule has 1 heterocycles. The normalized spacial score (nSPS) is 15.1. The molecule has 0 amide bonds. The lowest BCUT2D eigenvalue weighted by atomic mass is 9.97. The highest BCUT2D eigenvalue weighted by Gasteiger charge is 2.30. The van der Waals surface area contributed by atoms with Crippen molar-refractivity contribution in [3.63, 3.8) is 0 Å². The summed E-state index contributed by atoms with van der Waals surface area (Å²) >= 11 is 0. The third-order valence-corrected chi connectivity index (χ3v) is 3.92. The van der Waals surface area contributed by atoms with Crippen molar-refractivity contribution in [3.8, 4) is 0 Å². The molecule has 1 aromatic carbocycles. The zero-order chi connectivity index (χ0) is 12.5. The number of fused-ring (bicyclic) bond motifs is 1. The lowest BCUT2D eigenvalue weighted by Crippen LogP contribution is -2.41. The van der Waals surface area contributed by atoms with E-state index >= 15 is 0 Å². The van der Waals surface area contributed by atoms with Gasteiger partial charge in [0.05, 0.1) is 17.0 Å². The molecular formula is C14H22N2O. The first-order valence-electron chi connectivity index (χ1n) is 6.44. The van der Waals surface area contributed by atoms with E-state index in [2.05, 4.69) is 11.0 Å². The highest BCUT2D eigenvalue weighted by atomic mass is 16.3. The number of hydrogen-bond donors (Lipinski definition) is 2. The Morgan fingerprint density at radius 3 is 2.71 bits per heavy atom. The number of aliphatic hydroxyl groups is 1. The molecule has 3 N–H and O–H groups in total. The van der Waals surface area contributed by atoms with Gasteiger partial charge in [-0.15, -0.1) is 0 Å². The molecule has 3 heteroatoms. The summed E-state index contributed by atoms with van der Waals surface area (Å²) in [5.74, 6) is 0. The third kappa shape index (κ3) is 2.25. The van der Waals surface area contributed by atoms with Gasteiger partial charge < -0.3 is 15.7 Å². The summed E-state index contributed by atoms with van der Waals surface area (Å²) in [5, 5.41) is 10.4. The summed E-state index contributed by atoms with van der Waals surface area (Å²) in [6.45, 7) is 5.72. The van der Waals surface area contributed by atoms with Crippen molar-refractivity contribution < 1.29 is 5.11 Å². The molecule has 0 bridgehead atoms. The first-order chi connectivity index (χ1) is 8.09. The molecule has 3 nitrogen and oxygen atoms in total. The average molecular weight is 234 g/mol. The molecule has 94 valence electrons. The van der Waals surface area contributed by atoms with Crippen LogP contribution in [0.25, 0.3) is 0 Å². The molecule has 17 heavy (non-hydrogen) atoms. The number of nitrogens with two attached hydrogens (primary N) is 1. The van der Waals surface area contributed by atoms with Gasteiger partial charge in [-0.1, -0.05) is 26.0 Å². The minimum Gasteiger partial charge on any atom is -0.397 e. The van der Waals surface area contributed by atoms with E-state index < -0.39 is 5.60 Å². The molecule has 1 aliphatic rings. The van der Waals surface area contributed by atoms with Crippen molar-refractivity contribution in [1.29, 1.82) is 0 Å². The molecule has 0 aliphatic carbocycles. The van der Waals surface area contributed by atoms with E-state index in [1.807, 2.05) is 26.0 Å². The molecule has 0 saturated heterocycles. The zero-order valence-corrected chi connectivity index (χ0v) is 10.7. The fraction of sp³-hybridized carbons (Fsp3) is 0.571. The first kappa shape index (κ1) is 12.2. The van der Waals surface area contributed by atoms with Gasteiger partial charge >= 0.3 is 0 Å². The Morgan fingerprint density at radius 1 is 1.35 bits per heavy atom. The molecule has 2 rings (SSSR count). The standard InChI is InChI=1S/C14H22N2O/c1-3-14(17,4-2)10-16-9-8-11-6-5-7-12(15)13(11)16/h5-7,17H,3-4,8-10,15H2,1-2H3. The van der Waals surface area contributed by atoms with Gasteiger partial charge in [-0.3, -0.25) is 0 Å². The Morgan fingerprint density at radius 2 is 2.06 bits per heavy atom. The SMILES string of the molecule is CCC(O)(CC)CN1CCc2cccc(N)c21. The van der Waals surface area contributed by atoms with E-state index in [0.29, 0.717) is 6.54 Å². The Bertz CT molecular complexity index is 399. The maximum atomic E-state index is 10.4. The van der Waals surface area contributed by atoms with Crippen molar-refractivity contribution in [3.05, 3.63) is 23.8 Å². The summed E-state index contributed by atoms with van der Waals surface area (Å²) in [4.78, 5) is 2.23. The predicted molar refractivity (Wildman–Crippen MR) is 72.3 cm³/mol. The van der Waals surface area contributed by atoms with Gasteiger partial charge in [0, 0.05) is 13.1 Å². The lowest BCUT2D eigenvalue weighted by Gasteiger charge is -2.32. The monoisotopic (exact) mass is 234 g/mol. The van der Waals surface area contributed by atoms with Gasteiger partial charge in [-0.2, -0.15) is 0 Å². The van der Waals surface area contributed by atoms with Gasteiger partial charge in [0.25, 0.3) is 0 Å². The van der Waals surface area contributed by atoms with Gasteiger partial charge in [0.2, 0.25) is 0 Å². The van der Waals surface area contributed by atoms with E-state index in [9.17, 15) is 5.11 Å². The second kappa shape index (κ2) is 4.57. The van der Waals surface area contributed by atoms with E-state index in [4.69, 9.17) is 5.73 Å². The molecule has 0 radical (unpaired) electrons. The fourth-order valence-electron chi connectivity index (χ4n) is 2.55. The fourth-order valence-corrected chi connectivity index (χ4v) is 2.55. The predicted octanol–water partition coefficient (Wildman–Crippen LogP) is 2.18. The van der Waals surface area contributed by atoms with Crippen LogP contribution in [-0.2, 0) is 6.42 Å². The Labute approximate surface area is 103 Å². The second-order valence-electron chi connectivity index (χ2n) is 4.96. The van der Waals surface area contributed by atoms with Gasteiger partial charge in [0.1, 0.15) is 0 Å². The van der Waals surface area contributed by atoms with Crippen LogP contribution < -0.4 is 10.6 Å². The Kier molecular flexibility index (Phi) is 3.29. The lowest BCUT2D eigenvalue weighted by molar-refractivity contribution is 0.0397. The van der Waals surface area contributed by atoms with Crippen molar-refractivity contribution >= 4 is 11.4 Å². The van der Waals surface area contributed by atoms with Crippen molar-refractivity contribution in [1.82, 2.24) is 0 Å². The number of nitrogen functional groups attached to an aromatic ring is 1. The van der Waals surface area contributed by atoms with Crippen LogP contribution in [0.3, 0.4) is 0 Å². The van der Waals surface area contributed by atoms with Crippen LogP contribution in [0.15, 0.2) is 18.2 Å². The van der Waals surface area contributed by atoms with Crippen LogP contribution in [0.1, 0.15) is 32.3 Å². The molecule has 1 aromatic rings. The van der Waals surface area contributed by atoms with Crippen LogP contribution in [-0.4, -0.2) is 23.8 Å². The molecule has 0 fully saturated rings. The van der Waals surface area contributed by atoms with Crippen LogP contribution in [0.2, 0.25) is 0 Å². The number of para-hydroxylation sites is 1. The molecular weight excluding hydrogens is 212 g/mol. The number of anilines is 2. The third-order valence-electron chi connectivity index (χ3n) is 3.92. The maximum Gasteiger partial charge on any atom is 0.0816 e. The number of nitrogens with zero attached hydrogens (tertiary/aromatic N) is 1. The minimum absolute atomic E-state index is 0.593. The van der Waals surface area contributed by atoms with Gasteiger partial charge in [-0.25, -0.2) is 0 Å². The average Bonchev–Trinajstić information content (AvgIpc) is 2.73. The number of rotatable bonds is 4. The topological polar surface area (TPSA) is 49.5 Å². The number of benzene rings is 1. The summed E-state index contributed by atoms with van der Waals surface area (Å²) in [7, 11) is 0. The Hall–Kier alpha value is -1.22. The molecule has 0 spiro atoms. The highest BCUT2D eigenvalue weighted by molar-refractivity contribution is 5.74. The maximum absolute atomic E-state index is 10.4. The minimum atomic E-state index is -0.593. The highest BCUT2D eigenvalue weighted by Crippen LogP contribution is 2.35. The second-order valence-corrected chi connectivity index (χ2v) is 4.96. The first-order valence-corrected chi connectivity index (χ1v) is 6.44. The van der Waals surface area contributed by atoms with Crippen LogP contribution >= 0.6 is 0 Å². The van der Waals surface area contributed by atoms with Crippen molar-refractivity contribution in [2.75, 3.05) is 23.7 Å².